The molecule has 0 fully saturated rings. The van der Waals surface area contributed by atoms with Crippen LogP contribution < -0.4 is 0 Å². The molecule has 0 N–H and O–H groups in total. The summed E-state index contributed by atoms with van der Waals surface area (Å²) in [6, 6.07) is 3.55. The molecule has 1 heterocycles. The number of thiophene rings is 1. The summed E-state index contributed by atoms with van der Waals surface area (Å²) in [4.78, 5) is 22.4. The molecule has 0 saturated heterocycles. The second-order valence-electron chi connectivity index (χ2n) is 2.30. The van der Waals surface area contributed by atoms with Crippen LogP contribution in [0.3, 0.4) is 0 Å². The highest BCUT2D eigenvalue weighted by molar-refractivity contribution is 7.14. The van der Waals surface area contributed by atoms with Crippen LogP contribution in [0.15, 0.2) is 18.2 Å². The van der Waals surface area contributed by atoms with Gasteiger partial charge in [-0.1, -0.05) is 0 Å². The Morgan fingerprint density at radius 1 is 1.42 bits per heavy atom. The van der Waals surface area contributed by atoms with Crippen LogP contribution in [0, 0.1) is 0 Å². The smallest absolute Gasteiger partial charge is 0.160 e. The molecule has 0 spiro atoms. The molecule has 0 radical (unpaired) electrons. The van der Waals surface area contributed by atoms with Gasteiger partial charge in [-0.15, -0.1) is 11.3 Å². The summed E-state index contributed by atoms with van der Waals surface area (Å²) >= 11 is 1.37. The van der Waals surface area contributed by atoms with E-state index in [4.69, 9.17) is 0 Å². The summed E-state index contributed by atoms with van der Waals surface area (Å²) in [7, 11) is 0. The molecule has 0 aliphatic rings. The van der Waals surface area contributed by atoms with Crippen molar-refractivity contribution in [1.82, 2.24) is 0 Å². The maximum absolute atomic E-state index is 10.5. The number of rotatable bonds is 3. The summed E-state index contributed by atoms with van der Waals surface area (Å²) < 4.78 is 0. The summed E-state index contributed by atoms with van der Waals surface area (Å²) in [6.45, 7) is 1.49. The normalized spacial score (nSPS) is 10.4. The molecule has 12 heavy (non-hydrogen) atoms. The molecule has 62 valence electrons. The van der Waals surface area contributed by atoms with Gasteiger partial charge in [-0.25, -0.2) is 0 Å². The van der Waals surface area contributed by atoms with E-state index < -0.39 is 0 Å². The maximum Gasteiger partial charge on any atom is 0.160 e. The minimum absolute atomic E-state index is 0.0102. The van der Waals surface area contributed by atoms with Crippen LogP contribution in [-0.4, -0.2) is 12.1 Å². The third-order valence-corrected chi connectivity index (χ3v) is 2.22. The van der Waals surface area contributed by atoms with E-state index in [1.807, 2.05) is 6.07 Å². The van der Waals surface area contributed by atoms with Gasteiger partial charge in [0.1, 0.15) is 0 Å². The summed E-state index contributed by atoms with van der Waals surface area (Å²) in [6.07, 6.45) is 4.00. The summed E-state index contributed by atoms with van der Waals surface area (Å²) in [5.74, 6) is 0.0102. The number of aldehydes is 1. The van der Waals surface area contributed by atoms with Gasteiger partial charge >= 0.3 is 0 Å². The highest BCUT2D eigenvalue weighted by Gasteiger charge is 1.94. The molecular formula is C9H8O2S. The highest BCUT2D eigenvalue weighted by atomic mass is 32.1. The fourth-order valence-electron chi connectivity index (χ4n) is 0.721. The Hall–Kier alpha value is -1.22. The minimum atomic E-state index is 0.0102. The molecule has 0 amide bonds. The number of hydrogen-bond acceptors (Lipinski definition) is 3. The number of allylic oxidation sites excluding steroid dienone is 1. The topological polar surface area (TPSA) is 34.1 Å². The monoisotopic (exact) mass is 180 g/mol. The van der Waals surface area contributed by atoms with Crippen LogP contribution in [-0.2, 0) is 4.79 Å². The Labute approximate surface area is 74.5 Å². The van der Waals surface area contributed by atoms with Crippen LogP contribution >= 0.6 is 11.3 Å². The van der Waals surface area contributed by atoms with Crippen molar-refractivity contribution in [3.8, 4) is 0 Å². The molecule has 2 nitrogen and oxygen atoms in total. The zero-order valence-electron chi connectivity index (χ0n) is 6.61. The Bertz CT molecular complexity index is 323. The van der Waals surface area contributed by atoms with E-state index in [1.54, 1.807) is 12.1 Å². The predicted molar refractivity (Wildman–Crippen MR) is 49.4 cm³/mol. The molecular weight excluding hydrogens is 172 g/mol. The van der Waals surface area contributed by atoms with Crippen LogP contribution in [0.1, 0.15) is 21.5 Å². The van der Waals surface area contributed by atoms with E-state index in [1.165, 1.54) is 24.3 Å². The van der Waals surface area contributed by atoms with Crippen molar-refractivity contribution in [2.75, 3.05) is 0 Å². The van der Waals surface area contributed by atoms with E-state index in [2.05, 4.69) is 0 Å². The molecule has 3 heteroatoms. The first-order valence-corrected chi connectivity index (χ1v) is 4.27. The number of carbonyl (C=O) groups is 2. The van der Waals surface area contributed by atoms with Gasteiger partial charge < -0.3 is 0 Å². The van der Waals surface area contributed by atoms with Crippen molar-refractivity contribution >= 4 is 29.5 Å². The van der Waals surface area contributed by atoms with Crippen molar-refractivity contribution in [3.63, 3.8) is 0 Å². The van der Waals surface area contributed by atoms with E-state index in [-0.39, 0.29) is 5.78 Å². The molecule has 1 aromatic rings. The summed E-state index contributed by atoms with van der Waals surface area (Å²) in [5.41, 5.74) is 0. The fraction of sp³-hybridized carbons (Fsp3) is 0.111. The van der Waals surface area contributed by atoms with Gasteiger partial charge in [0.05, 0.1) is 4.88 Å². The van der Waals surface area contributed by atoms with E-state index >= 15 is 0 Å². The van der Waals surface area contributed by atoms with E-state index in [0.717, 1.165) is 11.2 Å². The van der Waals surface area contributed by atoms with Gasteiger partial charge in [-0.3, -0.25) is 9.59 Å². The Kier molecular flexibility index (Phi) is 2.94. The fourth-order valence-corrected chi connectivity index (χ4v) is 1.45. The van der Waals surface area contributed by atoms with E-state index in [0.29, 0.717) is 4.88 Å². The molecule has 0 unspecified atom stereocenters. The zero-order chi connectivity index (χ0) is 8.97. The van der Waals surface area contributed by atoms with Crippen molar-refractivity contribution in [1.29, 1.82) is 0 Å². The van der Waals surface area contributed by atoms with Crippen molar-refractivity contribution in [3.05, 3.63) is 28.0 Å². The van der Waals surface area contributed by atoms with Gasteiger partial charge in [0, 0.05) is 4.88 Å². The lowest BCUT2D eigenvalue weighted by Crippen LogP contribution is -1.77. The van der Waals surface area contributed by atoms with E-state index in [9.17, 15) is 9.59 Å². The predicted octanol–water partition coefficient (Wildman–Crippen LogP) is 2.16. The van der Waals surface area contributed by atoms with Crippen LogP contribution in [0.4, 0.5) is 0 Å². The number of ketones is 1. The van der Waals surface area contributed by atoms with Crippen molar-refractivity contribution < 1.29 is 9.59 Å². The molecule has 0 aliphatic carbocycles. The molecule has 1 aromatic heterocycles. The molecule has 0 saturated carbocycles. The second-order valence-corrected chi connectivity index (χ2v) is 3.45. The summed E-state index contributed by atoms with van der Waals surface area (Å²) in [5, 5.41) is 0. The van der Waals surface area contributed by atoms with Gasteiger partial charge in [0.15, 0.2) is 12.1 Å². The van der Waals surface area contributed by atoms with Crippen molar-refractivity contribution in [2.24, 2.45) is 0 Å². The standard InChI is InChI=1S/C9H8O2S/c1-7(11)2-3-8-4-5-9(6-10)12-8/h2-6H,1H3/b3-2+. The lowest BCUT2D eigenvalue weighted by molar-refractivity contribution is -0.112. The second kappa shape index (κ2) is 3.97. The Balaban J connectivity index is 2.76. The van der Waals surface area contributed by atoms with Crippen LogP contribution in [0.25, 0.3) is 6.08 Å². The third kappa shape index (κ3) is 2.43. The van der Waals surface area contributed by atoms with Gasteiger partial charge in [-0.05, 0) is 31.2 Å². The van der Waals surface area contributed by atoms with Crippen molar-refractivity contribution in [2.45, 2.75) is 6.92 Å². The first-order chi connectivity index (χ1) is 5.72. The average Bonchev–Trinajstić information content (AvgIpc) is 2.48. The van der Waals surface area contributed by atoms with Crippen LogP contribution in [0.5, 0.6) is 0 Å². The number of carbonyl (C=O) groups excluding carboxylic acids is 2. The largest absolute Gasteiger partial charge is 0.297 e. The van der Waals surface area contributed by atoms with Gasteiger partial charge in [-0.2, -0.15) is 0 Å². The first kappa shape index (κ1) is 8.87. The Morgan fingerprint density at radius 2 is 2.08 bits per heavy atom. The quantitative estimate of drug-likeness (QED) is 0.527. The Morgan fingerprint density at radius 3 is 2.58 bits per heavy atom. The average molecular weight is 180 g/mol. The molecule has 0 aliphatic heterocycles. The third-order valence-electron chi connectivity index (χ3n) is 1.25. The lowest BCUT2D eigenvalue weighted by Gasteiger charge is -1.80. The molecule has 1 rings (SSSR count). The van der Waals surface area contributed by atoms with Gasteiger partial charge in [0.2, 0.25) is 0 Å². The lowest BCUT2D eigenvalue weighted by atomic mass is 10.3. The molecule has 0 atom stereocenters. The SMILES string of the molecule is CC(=O)/C=C/c1ccc(C=O)s1. The van der Waals surface area contributed by atoms with Gasteiger partial charge in [0.25, 0.3) is 0 Å². The maximum atomic E-state index is 10.5. The highest BCUT2D eigenvalue weighted by Crippen LogP contribution is 2.15. The van der Waals surface area contributed by atoms with Crippen LogP contribution in [0.2, 0.25) is 0 Å². The molecule has 0 aromatic carbocycles. The minimum Gasteiger partial charge on any atom is -0.297 e. The molecule has 0 bridgehead atoms. The first-order valence-electron chi connectivity index (χ1n) is 3.46. The zero-order valence-corrected chi connectivity index (χ0v) is 7.43. The number of hydrogen-bond donors (Lipinski definition) is 0.